The molecular formula is C6H12NS. The van der Waals surface area contributed by atoms with Crippen LogP contribution in [0.5, 0.6) is 0 Å². The Morgan fingerprint density at radius 1 is 1.62 bits per heavy atom. The van der Waals surface area contributed by atoms with Crippen LogP contribution in [0, 0.1) is 0 Å². The zero-order chi connectivity index (χ0) is 6.41. The lowest BCUT2D eigenvalue weighted by atomic mass is 10.6. The van der Waals surface area contributed by atoms with Gasteiger partial charge in [0.2, 0.25) is 0 Å². The second kappa shape index (κ2) is 5.16. The molecule has 8 heavy (non-hydrogen) atoms. The van der Waals surface area contributed by atoms with Crippen molar-refractivity contribution in [1.82, 2.24) is 0 Å². The van der Waals surface area contributed by atoms with Gasteiger partial charge in [-0.3, -0.25) is 4.99 Å². The quantitative estimate of drug-likeness (QED) is 0.421. The number of aliphatic imine (C=N–C) groups is 1. The average Bonchev–Trinajstić information content (AvgIpc) is 1.66. The van der Waals surface area contributed by atoms with Gasteiger partial charge in [0.25, 0.3) is 0 Å². The molecule has 0 aliphatic rings. The largest absolute Gasteiger partial charge is 0.276 e. The second-order valence-corrected chi connectivity index (χ2v) is 3.09. The molecule has 0 bridgehead atoms. The monoisotopic (exact) mass is 130 g/mol. The van der Waals surface area contributed by atoms with E-state index in [0.717, 1.165) is 6.54 Å². The van der Waals surface area contributed by atoms with Crippen LogP contribution in [-0.2, 0) is 0 Å². The molecule has 1 radical (unpaired) electrons. The SMILES string of the molecule is CCN=[C]SC(C)C. The van der Waals surface area contributed by atoms with Crippen LogP contribution in [0.2, 0.25) is 0 Å². The Labute approximate surface area is 55.6 Å². The Hall–Kier alpha value is 0.0200. The average molecular weight is 130 g/mol. The molecule has 0 aromatic rings. The van der Waals surface area contributed by atoms with Gasteiger partial charge in [-0.1, -0.05) is 13.8 Å². The van der Waals surface area contributed by atoms with Crippen molar-refractivity contribution in [3.05, 3.63) is 0 Å². The molecule has 0 aliphatic heterocycles. The van der Waals surface area contributed by atoms with E-state index in [-0.39, 0.29) is 0 Å². The number of hydrogen-bond donors (Lipinski definition) is 0. The number of hydrogen-bond acceptors (Lipinski definition) is 2. The van der Waals surface area contributed by atoms with Gasteiger partial charge in [-0.15, -0.1) is 11.8 Å². The van der Waals surface area contributed by atoms with Gasteiger partial charge < -0.3 is 0 Å². The molecule has 0 rings (SSSR count). The van der Waals surface area contributed by atoms with Gasteiger partial charge in [-0.05, 0) is 6.92 Å². The molecule has 2 heteroatoms. The fourth-order valence-corrected chi connectivity index (χ4v) is 0.622. The van der Waals surface area contributed by atoms with Crippen LogP contribution in [0.15, 0.2) is 4.99 Å². The van der Waals surface area contributed by atoms with Crippen molar-refractivity contribution in [3.8, 4) is 0 Å². The highest BCUT2D eigenvalue weighted by Gasteiger charge is 1.86. The normalized spacial score (nSPS) is 11.5. The Balaban J connectivity index is 3.03. The van der Waals surface area contributed by atoms with Crippen molar-refractivity contribution < 1.29 is 0 Å². The van der Waals surface area contributed by atoms with Gasteiger partial charge >= 0.3 is 0 Å². The summed E-state index contributed by atoms with van der Waals surface area (Å²) in [5.41, 5.74) is 2.88. The Morgan fingerprint density at radius 2 is 2.25 bits per heavy atom. The summed E-state index contributed by atoms with van der Waals surface area (Å²) >= 11 is 1.64. The van der Waals surface area contributed by atoms with Crippen molar-refractivity contribution in [2.24, 2.45) is 4.99 Å². The zero-order valence-corrected chi connectivity index (χ0v) is 6.46. The highest BCUT2D eigenvalue weighted by molar-refractivity contribution is 8.12. The molecule has 0 heterocycles. The van der Waals surface area contributed by atoms with Crippen LogP contribution >= 0.6 is 11.8 Å². The molecule has 0 fully saturated rings. The van der Waals surface area contributed by atoms with E-state index in [2.05, 4.69) is 24.4 Å². The molecule has 47 valence electrons. The molecule has 0 atom stereocenters. The van der Waals surface area contributed by atoms with Crippen molar-refractivity contribution >= 4 is 17.3 Å². The molecule has 0 saturated heterocycles. The lowest BCUT2D eigenvalue weighted by molar-refractivity contribution is 1.12. The summed E-state index contributed by atoms with van der Waals surface area (Å²) in [5.74, 6) is 0. The summed E-state index contributed by atoms with van der Waals surface area (Å²) in [4.78, 5) is 3.92. The molecule has 0 amide bonds. The van der Waals surface area contributed by atoms with Gasteiger partial charge in [-0.2, -0.15) is 0 Å². The van der Waals surface area contributed by atoms with E-state index in [1.54, 1.807) is 11.8 Å². The zero-order valence-electron chi connectivity index (χ0n) is 5.64. The van der Waals surface area contributed by atoms with E-state index in [0.29, 0.717) is 5.25 Å². The standard InChI is InChI=1S/C6H12NS/c1-4-7-5-8-6(2)3/h6H,4H2,1-3H3. The highest BCUT2D eigenvalue weighted by Crippen LogP contribution is 2.03. The molecule has 0 N–H and O–H groups in total. The lowest BCUT2D eigenvalue weighted by Gasteiger charge is -1.92. The fourth-order valence-electron chi connectivity index (χ4n) is 0.207. The van der Waals surface area contributed by atoms with E-state index >= 15 is 0 Å². The minimum atomic E-state index is 0.616. The van der Waals surface area contributed by atoms with E-state index in [4.69, 9.17) is 0 Å². The summed E-state index contributed by atoms with van der Waals surface area (Å²) in [5, 5.41) is 0.616. The van der Waals surface area contributed by atoms with Gasteiger partial charge in [0.15, 0.2) is 0 Å². The summed E-state index contributed by atoms with van der Waals surface area (Å²) < 4.78 is 0. The maximum absolute atomic E-state index is 3.92. The van der Waals surface area contributed by atoms with E-state index < -0.39 is 0 Å². The molecule has 0 saturated carbocycles. The van der Waals surface area contributed by atoms with Gasteiger partial charge in [0.1, 0.15) is 5.55 Å². The third kappa shape index (κ3) is 6.02. The fraction of sp³-hybridized carbons (Fsp3) is 0.833. The topological polar surface area (TPSA) is 12.4 Å². The molecule has 0 spiro atoms. The van der Waals surface area contributed by atoms with Crippen LogP contribution in [0.25, 0.3) is 0 Å². The van der Waals surface area contributed by atoms with Crippen LogP contribution in [0.1, 0.15) is 20.8 Å². The van der Waals surface area contributed by atoms with Gasteiger partial charge in [0.05, 0.1) is 0 Å². The predicted molar refractivity (Wildman–Crippen MR) is 40.7 cm³/mol. The van der Waals surface area contributed by atoms with Crippen molar-refractivity contribution in [2.75, 3.05) is 6.54 Å². The van der Waals surface area contributed by atoms with Crippen LogP contribution in [-0.4, -0.2) is 17.3 Å². The first-order valence-corrected chi connectivity index (χ1v) is 3.72. The van der Waals surface area contributed by atoms with E-state index in [1.165, 1.54) is 0 Å². The first kappa shape index (κ1) is 8.02. The molecular weight excluding hydrogens is 118 g/mol. The third-order valence-corrected chi connectivity index (χ3v) is 1.22. The minimum absolute atomic E-state index is 0.616. The van der Waals surface area contributed by atoms with Gasteiger partial charge in [0, 0.05) is 11.8 Å². The van der Waals surface area contributed by atoms with Crippen molar-refractivity contribution in [1.29, 1.82) is 0 Å². The first-order chi connectivity index (χ1) is 3.77. The smallest absolute Gasteiger partial charge is 0.123 e. The van der Waals surface area contributed by atoms with Crippen molar-refractivity contribution in [2.45, 2.75) is 26.0 Å². The first-order valence-electron chi connectivity index (χ1n) is 2.84. The van der Waals surface area contributed by atoms with Crippen molar-refractivity contribution in [3.63, 3.8) is 0 Å². The third-order valence-electron chi connectivity index (χ3n) is 0.511. The number of nitrogens with zero attached hydrogens (tertiary/aromatic N) is 1. The number of thioether (sulfide) groups is 1. The molecule has 0 aliphatic carbocycles. The molecule has 0 aromatic carbocycles. The van der Waals surface area contributed by atoms with Crippen LogP contribution in [0.3, 0.4) is 0 Å². The highest BCUT2D eigenvalue weighted by atomic mass is 32.2. The van der Waals surface area contributed by atoms with Crippen LogP contribution < -0.4 is 0 Å². The molecule has 0 aromatic heterocycles. The lowest BCUT2D eigenvalue weighted by Crippen LogP contribution is -1.84. The summed E-state index contributed by atoms with van der Waals surface area (Å²) in [6.45, 7) is 7.11. The van der Waals surface area contributed by atoms with E-state index in [1.807, 2.05) is 6.92 Å². The Kier molecular flexibility index (Phi) is 5.18. The summed E-state index contributed by atoms with van der Waals surface area (Å²) in [6.07, 6.45) is 0. The summed E-state index contributed by atoms with van der Waals surface area (Å²) in [7, 11) is 0. The summed E-state index contributed by atoms with van der Waals surface area (Å²) in [6, 6.07) is 0. The Bertz CT molecular complexity index is 68.9. The van der Waals surface area contributed by atoms with Gasteiger partial charge in [-0.25, -0.2) is 0 Å². The molecule has 0 unspecified atom stereocenters. The predicted octanol–water partition coefficient (Wildman–Crippen LogP) is 2.05. The maximum Gasteiger partial charge on any atom is 0.123 e. The maximum atomic E-state index is 3.92. The number of rotatable bonds is 3. The Morgan fingerprint density at radius 3 is 2.62 bits per heavy atom. The van der Waals surface area contributed by atoms with E-state index in [9.17, 15) is 0 Å². The minimum Gasteiger partial charge on any atom is -0.276 e. The molecule has 1 nitrogen and oxygen atoms in total. The van der Waals surface area contributed by atoms with Crippen LogP contribution in [0.4, 0.5) is 0 Å². The second-order valence-electron chi connectivity index (χ2n) is 1.73.